The lowest BCUT2D eigenvalue weighted by atomic mass is 10.1. The Morgan fingerprint density at radius 2 is 1.53 bits per heavy atom. The van der Waals surface area contributed by atoms with Gasteiger partial charge in [0.1, 0.15) is 0 Å². The Balaban J connectivity index is 1.19. The van der Waals surface area contributed by atoms with Crippen molar-refractivity contribution in [3.63, 3.8) is 0 Å². The minimum atomic E-state index is 0.0673. The molecule has 0 radical (unpaired) electrons. The van der Waals surface area contributed by atoms with Crippen molar-refractivity contribution in [3.8, 4) is 5.69 Å². The lowest BCUT2D eigenvalue weighted by molar-refractivity contribution is -0.120. The first-order valence-corrected chi connectivity index (χ1v) is 11.5. The molecule has 2 aromatic carbocycles. The minimum Gasteiger partial charge on any atom is -0.369 e. The zero-order valence-electron chi connectivity index (χ0n) is 19.1. The van der Waals surface area contributed by atoms with Gasteiger partial charge < -0.3 is 10.2 Å². The summed E-state index contributed by atoms with van der Waals surface area (Å²) >= 11 is 0. The van der Waals surface area contributed by atoms with E-state index in [4.69, 9.17) is 0 Å². The molecule has 0 atom stereocenters. The van der Waals surface area contributed by atoms with Crippen LogP contribution in [0, 0.1) is 13.8 Å². The van der Waals surface area contributed by atoms with E-state index in [1.165, 1.54) is 5.69 Å². The Labute approximate surface area is 190 Å². The van der Waals surface area contributed by atoms with E-state index in [1.807, 2.05) is 48.9 Å². The molecule has 1 fully saturated rings. The Hall–Kier alpha value is -3.12. The number of carbonyl (C=O) groups excluding carboxylic acids is 1. The van der Waals surface area contributed by atoms with E-state index >= 15 is 0 Å². The fourth-order valence-corrected chi connectivity index (χ4v) is 4.37. The first-order valence-electron chi connectivity index (χ1n) is 11.5. The van der Waals surface area contributed by atoms with Crippen molar-refractivity contribution >= 4 is 11.6 Å². The van der Waals surface area contributed by atoms with E-state index < -0.39 is 0 Å². The van der Waals surface area contributed by atoms with Gasteiger partial charge in [-0.1, -0.05) is 36.4 Å². The maximum Gasteiger partial charge on any atom is 0.224 e. The molecule has 32 heavy (non-hydrogen) atoms. The smallest absolute Gasteiger partial charge is 0.224 e. The predicted molar refractivity (Wildman–Crippen MR) is 129 cm³/mol. The Morgan fingerprint density at radius 1 is 0.906 bits per heavy atom. The van der Waals surface area contributed by atoms with Crippen LogP contribution in [0.5, 0.6) is 0 Å². The fourth-order valence-electron chi connectivity index (χ4n) is 4.37. The van der Waals surface area contributed by atoms with E-state index in [9.17, 15) is 4.79 Å². The van der Waals surface area contributed by atoms with Crippen molar-refractivity contribution in [2.45, 2.75) is 26.7 Å². The van der Waals surface area contributed by atoms with Crippen LogP contribution in [-0.4, -0.2) is 59.9 Å². The third-order valence-electron chi connectivity index (χ3n) is 6.25. The number of amides is 1. The van der Waals surface area contributed by atoms with Crippen molar-refractivity contribution in [2.75, 3.05) is 44.2 Å². The van der Waals surface area contributed by atoms with Gasteiger partial charge in [-0.3, -0.25) is 9.69 Å². The van der Waals surface area contributed by atoms with Crippen LogP contribution in [0.25, 0.3) is 5.69 Å². The number of hydrogen-bond acceptors (Lipinski definition) is 4. The monoisotopic (exact) mass is 431 g/mol. The first kappa shape index (κ1) is 22.1. The number of piperazine rings is 1. The van der Waals surface area contributed by atoms with E-state index in [0.717, 1.165) is 61.8 Å². The molecule has 3 aromatic rings. The third-order valence-corrected chi connectivity index (χ3v) is 6.25. The summed E-state index contributed by atoms with van der Waals surface area (Å²) < 4.78 is 1.92. The Bertz CT molecular complexity index is 1010. The van der Waals surface area contributed by atoms with Gasteiger partial charge in [0.2, 0.25) is 5.91 Å². The summed E-state index contributed by atoms with van der Waals surface area (Å²) in [5.74, 6) is 0.0673. The van der Waals surface area contributed by atoms with Gasteiger partial charge in [0.25, 0.3) is 0 Å². The number of nitrogens with zero attached hydrogens (tertiary/aromatic N) is 4. The number of anilines is 1. The molecule has 1 aromatic heterocycles. The summed E-state index contributed by atoms with van der Waals surface area (Å²) in [6.45, 7) is 9.99. The minimum absolute atomic E-state index is 0.0673. The van der Waals surface area contributed by atoms with E-state index in [-0.39, 0.29) is 5.91 Å². The highest BCUT2D eigenvalue weighted by atomic mass is 16.1. The highest BCUT2D eigenvalue weighted by Gasteiger charge is 2.18. The molecule has 6 nitrogen and oxygen atoms in total. The zero-order chi connectivity index (χ0) is 22.3. The number of hydrogen-bond donors (Lipinski definition) is 1. The number of benzene rings is 2. The van der Waals surface area contributed by atoms with Crippen LogP contribution in [-0.2, 0) is 11.2 Å². The molecule has 0 saturated carbocycles. The summed E-state index contributed by atoms with van der Waals surface area (Å²) in [6.07, 6.45) is 1.35. The van der Waals surface area contributed by atoms with Crippen LogP contribution in [0.3, 0.4) is 0 Å². The molecule has 4 rings (SSSR count). The SMILES string of the molecule is Cc1nn(-c2ccccc2)c(C)c1CC(=O)NCCCN1CCN(c2ccccc2)CC1. The molecule has 1 aliphatic rings. The second-order valence-electron chi connectivity index (χ2n) is 8.44. The van der Waals surface area contributed by atoms with Crippen LogP contribution < -0.4 is 10.2 Å². The Morgan fingerprint density at radius 3 is 2.19 bits per heavy atom. The number of para-hydroxylation sites is 2. The van der Waals surface area contributed by atoms with Crippen molar-refractivity contribution < 1.29 is 4.79 Å². The summed E-state index contributed by atoms with van der Waals surface area (Å²) in [4.78, 5) is 17.5. The second kappa shape index (κ2) is 10.5. The molecule has 1 amide bonds. The number of rotatable bonds is 8. The molecule has 0 aliphatic carbocycles. The number of aryl methyl sites for hydroxylation is 1. The summed E-state index contributed by atoms with van der Waals surface area (Å²) in [5.41, 5.74) is 5.29. The molecule has 0 unspecified atom stereocenters. The number of nitrogens with one attached hydrogen (secondary N) is 1. The molecular formula is C26H33N5O. The molecular weight excluding hydrogens is 398 g/mol. The maximum absolute atomic E-state index is 12.5. The van der Waals surface area contributed by atoms with E-state index in [1.54, 1.807) is 0 Å². The van der Waals surface area contributed by atoms with Gasteiger partial charge in [-0.25, -0.2) is 4.68 Å². The fraction of sp³-hybridized carbons (Fsp3) is 0.385. The van der Waals surface area contributed by atoms with Crippen molar-refractivity contribution in [1.29, 1.82) is 0 Å². The van der Waals surface area contributed by atoms with Crippen molar-refractivity contribution in [1.82, 2.24) is 20.0 Å². The summed E-state index contributed by atoms with van der Waals surface area (Å²) in [6, 6.07) is 20.7. The standard InChI is InChI=1S/C26H33N5O/c1-21-25(22(2)31(28-21)24-12-7-4-8-13-24)20-26(32)27-14-9-15-29-16-18-30(19-17-29)23-10-5-3-6-11-23/h3-8,10-13H,9,14-20H2,1-2H3,(H,27,32). The zero-order valence-corrected chi connectivity index (χ0v) is 19.1. The molecule has 1 saturated heterocycles. The maximum atomic E-state index is 12.5. The van der Waals surface area contributed by atoms with Gasteiger partial charge in [0, 0.05) is 49.7 Å². The van der Waals surface area contributed by atoms with E-state index in [0.29, 0.717) is 13.0 Å². The van der Waals surface area contributed by atoms with Gasteiger partial charge in [-0.05, 0) is 51.1 Å². The predicted octanol–water partition coefficient (Wildman–Crippen LogP) is 3.36. The van der Waals surface area contributed by atoms with Crippen molar-refractivity contribution in [2.24, 2.45) is 0 Å². The lowest BCUT2D eigenvalue weighted by Crippen LogP contribution is -2.47. The normalized spacial score (nSPS) is 14.5. The molecule has 6 heteroatoms. The molecule has 168 valence electrons. The molecule has 1 N–H and O–H groups in total. The first-order chi connectivity index (χ1) is 15.6. The molecule has 1 aliphatic heterocycles. The second-order valence-corrected chi connectivity index (χ2v) is 8.44. The van der Waals surface area contributed by atoms with Crippen LogP contribution in [0.15, 0.2) is 60.7 Å². The Kier molecular flexibility index (Phi) is 7.22. The van der Waals surface area contributed by atoms with Crippen LogP contribution in [0.4, 0.5) is 5.69 Å². The van der Waals surface area contributed by atoms with Crippen molar-refractivity contribution in [3.05, 3.63) is 77.6 Å². The quantitative estimate of drug-likeness (QED) is 0.556. The van der Waals surface area contributed by atoms with Gasteiger partial charge >= 0.3 is 0 Å². The molecule has 2 heterocycles. The summed E-state index contributed by atoms with van der Waals surface area (Å²) in [7, 11) is 0. The van der Waals surface area contributed by atoms with Crippen LogP contribution in [0.1, 0.15) is 23.4 Å². The highest BCUT2D eigenvalue weighted by molar-refractivity contribution is 5.79. The van der Waals surface area contributed by atoms with Gasteiger partial charge in [0.05, 0.1) is 17.8 Å². The largest absolute Gasteiger partial charge is 0.369 e. The highest BCUT2D eigenvalue weighted by Crippen LogP contribution is 2.18. The van der Waals surface area contributed by atoms with Gasteiger partial charge in [0.15, 0.2) is 0 Å². The van der Waals surface area contributed by atoms with Gasteiger partial charge in [-0.15, -0.1) is 0 Å². The topological polar surface area (TPSA) is 53.4 Å². The van der Waals surface area contributed by atoms with E-state index in [2.05, 4.69) is 50.5 Å². The summed E-state index contributed by atoms with van der Waals surface area (Å²) in [5, 5.41) is 7.74. The van der Waals surface area contributed by atoms with Gasteiger partial charge in [-0.2, -0.15) is 5.10 Å². The average Bonchev–Trinajstić information content (AvgIpc) is 3.11. The molecule has 0 bridgehead atoms. The number of aromatic nitrogens is 2. The van der Waals surface area contributed by atoms with Crippen LogP contribution in [0.2, 0.25) is 0 Å². The molecule has 0 spiro atoms. The number of carbonyl (C=O) groups is 1. The third kappa shape index (κ3) is 5.37. The van der Waals surface area contributed by atoms with Crippen LogP contribution >= 0.6 is 0 Å². The lowest BCUT2D eigenvalue weighted by Gasteiger charge is -2.36. The average molecular weight is 432 g/mol.